The molecule has 11 heteroatoms. The van der Waals surface area contributed by atoms with Crippen molar-refractivity contribution in [1.29, 1.82) is 0 Å². The number of thioether (sulfide) groups is 1. The van der Waals surface area contributed by atoms with Gasteiger partial charge in [-0.2, -0.15) is 0 Å². The van der Waals surface area contributed by atoms with Crippen molar-refractivity contribution in [2.24, 2.45) is 0 Å². The molecule has 0 radical (unpaired) electrons. The summed E-state index contributed by atoms with van der Waals surface area (Å²) in [7, 11) is 0. The summed E-state index contributed by atoms with van der Waals surface area (Å²) in [5.41, 5.74) is 1.24. The second-order valence-corrected chi connectivity index (χ2v) is 10.9. The Bertz CT molecular complexity index is 1790. The van der Waals surface area contributed by atoms with Gasteiger partial charge in [0.2, 0.25) is 11.8 Å². The van der Waals surface area contributed by atoms with Crippen LogP contribution in [0.25, 0.3) is 6.08 Å². The van der Waals surface area contributed by atoms with E-state index in [4.69, 9.17) is 5.11 Å². The number of carbonyl (C=O) groups is 5. The summed E-state index contributed by atoms with van der Waals surface area (Å²) in [6.45, 7) is 0. The van der Waals surface area contributed by atoms with Gasteiger partial charge in [-0.15, -0.1) is 11.8 Å². The molecule has 44 heavy (non-hydrogen) atoms. The lowest BCUT2D eigenvalue weighted by molar-refractivity contribution is -0.121. The summed E-state index contributed by atoms with van der Waals surface area (Å²) in [6, 6.07) is 26.0. The van der Waals surface area contributed by atoms with Gasteiger partial charge in [0.25, 0.3) is 11.8 Å². The van der Waals surface area contributed by atoms with Crippen LogP contribution < -0.4 is 15.5 Å². The van der Waals surface area contributed by atoms with Gasteiger partial charge in [0.05, 0.1) is 16.5 Å². The summed E-state index contributed by atoms with van der Waals surface area (Å²) < 4.78 is 13.8. The minimum Gasteiger partial charge on any atom is -0.478 e. The van der Waals surface area contributed by atoms with Crippen molar-refractivity contribution in [3.05, 3.63) is 131 Å². The van der Waals surface area contributed by atoms with Crippen molar-refractivity contribution in [3.8, 4) is 0 Å². The number of nitrogens with zero attached hydrogens (tertiary/aromatic N) is 1. The van der Waals surface area contributed by atoms with E-state index >= 15 is 0 Å². The van der Waals surface area contributed by atoms with Crippen LogP contribution in [0.5, 0.6) is 0 Å². The number of nitrogens with one attached hydrogen (secondary N) is 2. The molecule has 1 heterocycles. The summed E-state index contributed by atoms with van der Waals surface area (Å²) in [4.78, 5) is 64.8. The van der Waals surface area contributed by atoms with Gasteiger partial charge in [-0.3, -0.25) is 19.2 Å². The van der Waals surface area contributed by atoms with Crippen molar-refractivity contribution in [1.82, 2.24) is 5.32 Å². The number of halogens is 1. The van der Waals surface area contributed by atoms with Gasteiger partial charge in [-0.1, -0.05) is 36.4 Å². The predicted octanol–water partition coefficient (Wildman–Crippen LogP) is 5.36. The van der Waals surface area contributed by atoms with E-state index in [1.807, 2.05) is 0 Å². The van der Waals surface area contributed by atoms with Crippen LogP contribution in [0.4, 0.5) is 15.8 Å². The predicted molar refractivity (Wildman–Crippen MR) is 164 cm³/mol. The van der Waals surface area contributed by atoms with E-state index in [0.717, 1.165) is 16.7 Å². The average Bonchev–Trinajstić information content (AvgIpc) is 3.29. The second-order valence-electron chi connectivity index (χ2n) is 9.65. The molecule has 0 bridgehead atoms. The van der Waals surface area contributed by atoms with Gasteiger partial charge in [0.15, 0.2) is 0 Å². The third-order valence-electron chi connectivity index (χ3n) is 6.54. The number of aromatic carboxylic acids is 1. The number of carboxylic acids is 1. The van der Waals surface area contributed by atoms with Gasteiger partial charge < -0.3 is 15.7 Å². The summed E-state index contributed by atoms with van der Waals surface area (Å²) in [5, 5.41) is 13.7. The minimum atomic E-state index is -1.12. The Morgan fingerprint density at radius 2 is 1.59 bits per heavy atom. The summed E-state index contributed by atoms with van der Waals surface area (Å²) in [5.74, 6) is -3.68. The SMILES string of the molecule is O=C(Nc1cccc(SC2CC(=O)N(c3ccc(C(=O)O)cc3)C2=O)c1)C(=Cc1cccc(F)c1)NC(=O)c1ccccc1. The maximum atomic E-state index is 13.8. The van der Waals surface area contributed by atoms with Crippen LogP contribution in [-0.2, 0) is 14.4 Å². The highest BCUT2D eigenvalue weighted by atomic mass is 32.2. The van der Waals surface area contributed by atoms with Crippen molar-refractivity contribution in [2.45, 2.75) is 16.6 Å². The van der Waals surface area contributed by atoms with Gasteiger partial charge in [-0.25, -0.2) is 14.1 Å². The number of carboxylic acid groups (broad SMARTS) is 1. The molecule has 1 aliphatic rings. The molecular weight excluding hydrogens is 585 g/mol. The maximum absolute atomic E-state index is 13.8. The molecule has 0 aliphatic carbocycles. The fourth-order valence-corrected chi connectivity index (χ4v) is 5.55. The van der Waals surface area contributed by atoms with Crippen LogP contribution in [0.3, 0.4) is 0 Å². The molecule has 0 saturated carbocycles. The van der Waals surface area contributed by atoms with E-state index in [9.17, 15) is 28.4 Å². The standard InChI is InChI=1S/C33H24FN3O6S/c34-23-9-4-6-20(16-23)17-27(36-30(39)21-7-2-1-3-8-21)31(40)35-24-10-5-11-26(18-24)44-28-19-29(38)37(32(28)41)25-14-12-22(13-15-25)33(42)43/h1-18,28H,19H2,(H,35,40)(H,36,39)(H,42,43). The minimum absolute atomic E-state index is 0.0335. The largest absolute Gasteiger partial charge is 0.478 e. The lowest BCUT2D eigenvalue weighted by Crippen LogP contribution is -2.31. The first-order valence-corrected chi connectivity index (χ1v) is 14.2. The molecule has 1 fully saturated rings. The molecule has 4 aromatic rings. The van der Waals surface area contributed by atoms with E-state index in [-0.39, 0.29) is 23.4 Å². The normalized spacial score (nSPS) is 14.8. The topological polar surface area (TPSA) is 133 Å². The molecule has 0 spiro atoms. The Hall–Kier alpha value is -5.55. The molecule has 1 atom stereocenters. The van der Waals surface area contributed by atoms with Gasteiger partial charge >= 0.3 is 5.97 Å². The molecule has 1 unspecified atom stereocenters. The van der Waals surface area contributed by atoms with Crippen molar-refractivity contribution >= 4 is 58.8 Å². The first-order chi connectivity index (χ1) is 21.2. The number of amides is 4. The molecule has 220 valence electrons. The molecule has 9 nitrogen and oxygen atoms in total. The molecule has 0 aromatic heterocycles. The summed E-state index contributed by atoms with van der Waals surface area (Å²) >= 11 is 1.15. The smallest absolute Gasteiger partial charge is 0.335 e. The van der Waals surface area contributed by atoms with Crippen molar-refractivity contribution in [2.75, 3.05) is 10.2 Å². The summed E-state index contributed by atoms with van der Waals surface area (Å²) in [6.07, 6.45) is 1.30. The zero-order valence-corrected chi connectivity index (χ0v) is 23.7. The number of rotatable bonds is 9. The Kier molecular flexibility index (Phi) is 8.96. The molecule has 5 rings (SSSR count). The van der Waals surface area contributed by atoms with Crippen LogP contribution in [0.15, 0.2) is 114 Å². The zero-order valence-electron chi connectivity index (χ0n) is 22.9. The Balaban J connectivity index is 1.31. The van der Waals surface area contributed by atoms with Crippen molar-refractivity contribution in [3.63, 3.8) is 0 Å². The Labute approximate surface area is 255 Å². The molecule has 4 amide bonds. The van der Waals surface area contributed by atoms with Gasteiger partial charge in [-0.05, 0) is 78.4 Å². The second kappa shape index (κ2) is 13.2. The van der Waals surface area contributed by atoms with E-state index in [1.165, 1.54) is 48.5 Å². The molecule has 3 N–H and O–H groups in total. The number of anilines is 2. The van der Waals surface area contributed by atoms with Crippen molar-refractivity contribution < 1.29 is 33.5 Å². The first-order valence-electron chi connectivity index (χ1n) is 13.3. The lowest BCUT2D eigenvalue weighted by atomic mass is 10.1. The van der Waals surface area contributed by atoms with E-state index < -0.39 is 40.7 Å². The monoisotopic (exact) mass is 609 g/mol. The highest BCUT2D eigenvalue weighted by molar-refractivity contribution is 8.00. The van der Waals surface area contributed by atoms with Crippen LogP contribution in [0.1, 0.15) is 32.7 Å². The third kappa shape index (κ3) is 7.08. The highest BCUT2D eigenvalue weighted by Gasteiger charge is 2.40. The molecular formula is C33H24FN3O6S. The number of hydrogen-bond donors (Lipinski definition) is 3. The molecule has 1 aliphatic heterocycles. The Morgan fingerprint density at radius 1 is 0.864 bits per heavy atom. The molecule has 4 aromatic carbocycles. The fourth-order valence-electron chi connectivity index (χ4n) is 4.44. The van der Waals surface area contributed by atoms with Crippen LogP contribution in [-0.4, -0.2) is 40.0 Å². The van der Waals surface area contributed by atoms with Crippen LogP contribution in [0.2, 0.25) is 0 Å². The van der Waals surface area contributed by atoms with Crippen LogP contribution >= 0.6 is 11.8 Å². The fraction of sp³-hybridized carbons (Fsp3) is 0.0606. The Morgan fingerprint density at radius 3 is 2.30 bits per heavy atom. The molecule has 1 saturated heterocycles. The number of hydrogen-bond acceptors (Lipinski definition) is 6. The highest BCUT2D eigenvalue weighted by Crippen LogP contribution is 2.35. The zero-order chi connectivity index (χ0) is 31.2. The quantitative estimate of drug-likeness (QED) is 0.172. The number of imide groups is 1. The van der Waals surface area contributed by atoms with Crippen LogP contribution in [0, 0.1) is 5.82 Å². The van der Waals surface area contributed by atoms with E-state index in [1.54, 1.807) is 60.7 Å². The number of benzene rings is 4. The third-order valence-corrected chi connectivity index (χ3v) is 7.72. The first kappa shape index (κ1) is 29.9. The maximum Gasteiger partial charge on any atom is 0.335 e. The van der Waals surface area contributed by atoms with E-state index in [0.29, 0.717) is 21.7 Å². The van der Waals surface area contributed by atoms with Gasteiger partial charge in [0.1, 0.15) is 11.5 Å². The lowest BCUT2D eigenvalue weighted by Gasteiger charge is -2.15. The number of carbonyl (C=O) groups excluding carboxylic acids is 4. The van der Waals surface area contributed by atoms with E-state index in [2.05, 4.69) is 10.6 Å². The van der Waals surface area contributed by atoms with Gasteiger partial charge in [0, 0.05) is 22.6 Å². The average molecular weight is 610 g/mol.